The van der Waals surface area contributed by atoms with E-state index in [2.05, 4.69) is 30.2 Å². The van der Waals surface area contributed by atoms with E-state index in [4.69, 9.17) is 21.7 Å². The number of aliphatic hydroxyl groups excluding tert-OH is 2. The molecule has 0 fully saturated rings. The van der Waals surface area contributed by atoms with E-state index >= 15 is 0 Å². The van der Waals surface area contributed by atoms with Gasteiger partial charge in [0, 0.05) is 55.6 Å². The highest BCUT2D eigenvalue weighted by atomic mass is 35.5. The molecule has 6 rings (SSSR count). The molecule has 0 aliphatic rings. The van der Waals surface area contributed by atoms with Crippen LogP contribution in [0.4, 0.5) is 5.69 Å². The van der Waals surface area contributed by atoms with Crippen LogP contribution >= 0.6 is 11.6 Å². The zero-order chi connectivity index (χ0) is 33.3. The van der Waals surface area contributed by atoms with E-state index in [0.717, 1.165) is 51.2 Å². The van der Waals surface area contributed by atoms with E-state index in [1.807, 2.05) is 96.9 Å². The fourth-order valence-electron chi connectivity index (χ4n) is 4.21. The maximum Gasteiger partial charge on any atom is 0.0914 e. The Balaban J connectivity index is 0.000000189. The number of likely N-dealkylation sites (N-methyl/N-ethyl adjacent to an activating group) is 2. The molecular weight excluding hydrogens is 612 g/mol. The first-order valence-corrected chi connectivity index (χ1v) is 15.3. The van der Waals surface area contributed by atoms with Crippen LogP contribution in [0.5, 0.6) is 0 Å². The van der Waals surface area contributed by atoms with E-state index in [-0.39, 0.29) is 13.2 Å². The van der Waals surface area contributed by atoms with E-state index < -0.39 is 0 Å². The molecule has 0 atom stereocenters. The van der Waals surface area contributed by atoms with Crippen molar-refractivity contribution in [3.05, 3.63) is 127 Å². The van der Waals surface area contributed by atoms with Crippen LogP contribution in [0, 0.1) is 0 Å². The number of anilines is 1. The van der Waals surface area contributed by atoms with Crippen LogP contribution in [0.3, 0.4) is 0 Å². The highest BCUT2D eigenvalue weighted by Gasteiger charge is 2.11. The zero-order valence-electron chi connectivity index (χ0n) is 26.3. The minimum absolute atomic E-state index is 0.0939. The molecule has 240 valence electrons. The number of halogens is 1. The Morgan fingerprint density at radius 3 is 1.23 bits per heavy atom. The average Bonchev–Trinajstić information content (AvgIpc) is 3.14. The number of rotatable bonds is 9. The third-order valence-corrected chi connectivity index (χ3v) is 6.77. The van der Waals surface area contributed by atoms with Gasteiger partial charge < -0.3 is 20.4 Å². The summed E-state index contributed by atoms with van der Waals surface area (Å²) in [7, 11) is 3.74. The van der Waals surface area contributed by atoms with E-state index in [1.165, 1.54) is 0 Å². The fourth-order valence-corrected chi connectivity index (χ4v) is 4.41. The van der Waals surface area contributed by atoms with Gasteiger partial charge in [0.15, 0.2) is 0 Å². The van der Waals surface area contributed by atoms with Crippen molar-refractivity contribution in [2.24, 2.45) is 0 Å². The number of aromatic nitrogens is 6. The van der Waals surface area contributed by atoms with Crippen LogP contribution in [0.25, 0.3) is 45.6 Å². The number of hydrogen-bond acceptors (Lipinski definition) is 10. The lowest BCUT2D eigenvalue weighted by molar-refractivity contribution is 0.296. The first-order valence-electron chi connectivity index (χ1n) is 14.9. The summed E-state index contributed by atoms with van der Waals surface area (Å²) in [5.74, 6) is 0. The van der Waals surface area contributed by atoms with Gasteiger partial charge in [-0.15, -0.1) is 0 Å². The summed E-state index contributed by atoms with van der Waals surface area (Å²) in [5, 5.41) is 20.6. The van der Waals surface area contributed by atoms with Crippen molar-refractivity contribution < 1.29 is 10.2 Å². The van der Waals surface area contributed by atoms with Gasteiger partial charge in [-0.3, -0.25) is 19.9 Å². The molecule has 0 saturated carbocycles. The van der Waals surface area contributed by atoms with Crippen molar-refractivity contribution in [1.82, 2.24) is 35.2 Å². The molecule has 0 amide bonds. The Morgan fingerprint density at radius 2 is 0.957 bits per heavy atom. The number of nitrogens with one attached hydrogen (secondary N) is 1. The SMILES string of the molecule is CN(CCO)c1cc(-c2ccccn2)nc(-c2ccccn2)c1.CNCCO.Clc1cc(-c2ccccn2)nc(-c2ccccn2)c1. The van der Waals surface area contributed by atoms with E-state index in [1.54, 1.807) is 44.0 Å². The quantitative estimate of drug-likeness (QED) is 0.180. The molecule has 6 aromatic rings. The minimum Gasteiger partial charge on any atom is -0.395 e. The lowest BCUT2D eigenvalue weighted by Crippen LogP contribution is -2.21. The fraction of sp³-hybridized carbons (Fsp3) is 0.167. The van der Waals surface area contributed by atoms with Crippen LogP contribution in [0.15, 0.2) is 122 Å². The third kappa shape index (κ3) is 10.7. The number of nitrogens with zero attached hydrogens (tertiary/aromatic N) is 7. The zero-order valence-corrected chi connectivity index (χ0v) is 27.0. The number of hydrogen-bond donors (Lipinski definition) is 3. The van der Waals surface area contributed by atoms with Crippen LogP contribution in [-0.4, -0.2) is 80.5 Å². The maximum atomic E-state index is 9.19. The molecule has 0 aromatic carbocycles. The molecule has 0 spiro atoms. The minimum atomic E-state index is 0.0939. The first-order chi connectivity index (χ1) is 23.0. The first kappa shape index (κ1) is 34.7. The van der Waals surface area contributed by atoms with Gasteiger partial charge in [0.25, 0.3) is 0 Å². The van der Waals surface area contributed by atoms with E-state index in [0.29, 0.717) is 18.1 Å². The summed E-state index contributed by atoms with van der Waals surface area (Å²) >= 11 is 6.15. The van der Waals surface area contributed by atoms with Crippen molar-refractivity contribution in [2.75, 3.05) is 45.3 Å². The van der Waals surface area contributed by atoms with E-state index in [9.17, 15) is 5.11 Å². The molecular formula is C36H37ClN8O2. The van der Waals surface area contributed by atoms with Crippen molar-refractivity contribution in [3.63, 3.8) is 0 Å². The van der Waals surface area contributed by atoms with Gasteiger partial charge in [0.05, 0.1) is 58.8 Å². The van der Waals surface area contributed by atoms with Gasteiger partial charge >= 0.3 is 0 Å². The normalized spacial score (nSPS) is 10.2. The molecule has 0 aliphatic heterocycles. The number of pyridine rings is 6. The standard InChI is InChI=1S/C18H18N4O.C15H10ClN3.C3H9NO/c1-22(10-11-23)14-12-17(15-6-2-4-8-19-15)21-18(13-14)16-7-3-5-9-20-16;16-11-9-14(12-5-1-3-7-17-12)19-15(10-11)13-6-2-4-8-18-13;1-4-2-3-5/h2-9,12-13,23H,10-11H2,1H3;1-10H;4-5H,2-3H2,1H3. The Labute approximate surface area is 279 Å². The molecule has 47 heavy (non-hydrogen) atoms. The Bertz CT molecular complexity index is 1650. The lowest BCUT2D eigenvalue weighted by atomic mass is 10.1. The highest BCUT2D eigenvalue weighted by Crippen LogP contribution is 2.27. The molecule has 6 heterocycles. The van der Waals surface area contributed by atoms with Gasteiger partial charge in [0.1, 0.15) is 0 Å². The van der Waals surface area contributed by atoms with Gasteiger partial charge in [-0.2, -0.15) is 0 Å². The van der Waals surface area contributed by atoms with Gasteiger partial charge in [-0.05, 0) is 79.8 Å². The predicted octanol–water partition coefficient (Wildman–Crippen LogP) is 5.69. The molecule has 10 nitrogen and oxygen atoms in total. The Kier molecular flexibility index (Phi) is 13.9. The Hall–Kier alpha value is -5.13. The third-order valence-electron chi connectivity index (χ3n) is 6.55. The predicted molar refractivity (Wildman–Crippen MR) is 188 cm³/mol. The molecule has 0 aliphatic carbocycles. The molecule has 6 aromatic heterocycles. The summed E-state index contributed by atoms with van der Waals surface area (Å²) in [6, 6.07) is 30.4. The summed E-state index contributed by atoms with van der Waals surface area (Å²) in [6.45, 7) is 1.57. The van der Waals surface area contributed by atoms with Crippen molar-refractivity contribution in [1.29, 1.82) is 0 Å². The van der Waals surface area contributed by atoms with Gasteiger partial charge in [-0.1, -0.05) is 35.9 Å². The van der Waals surface area contributed by atoms with Crippen molar-refractivity contribution in [3.8, 4) is 45.6 Å². The average molecular weight is 649 g/mol. The number of aliphatic hydroxyl groups is 2. The summed E-state index contributed by atoms with van der Waals surface area (Å²) < 4.78 is 0. The maximum absolute atomic E-state index is 9.19. The largest absolute Gasteiger partial charge is 0.395 e. The summed E-state index contributed by atoms with van der Waals surface area (Å²) in [5.41, 5.74) is 7.23. The highest BCUT2D eigenvalue weighted by molar-refractivity contribution is 6.31. The van der Waals surface area contributed by atoms with Gasteiger partial charge in [0.2, 0.25) is 0 Å². The smallest absolute Gasteiger partial charge is 0.0914 e. The second kappa shape index (κ2) is 18.7. The summed E-state index contributed by atoms with van der Waals surface area (Å²) in [6.07, 6.45) is 6.97. The molecule has 3 N–H and O–H groups in total. The summed E-state index contributed by atoms with van der Waals surface area (Å²) in [4.78, 5) is 28.6. The van der Waals surface area contributed by atoms with Crippen LogP contribution < -0.4 is 10.2 Å². The van der Waals surface area contributed by atoms with Crippen LogP contribution in [0.2, 0.25) is 5.02 Å². The molecule has 11 heteroatoms. The van der Waals surface area contributed by atoms with Crippen molar-refractivity contribution >= 4 is 17.3 Å². The van der Waals surface area contributed by atoms with Crippen molar-refractivity contribution in [2.45, 2.75) is 0 Å². The molecule has 0 unspecified atom stereocenters. The monoisotopic (exact) mass is 648 g/mol. The van der Waals surface area contributed by atoms with Crippen LogP contribution in [0.1, 0.15) is 0 Å². The topological polar surface area (TPSA) is 133 Å². The second-order valence-electron chi connectivity index (χ2n) is 9.98. The second-order valence-corrected chi connectivity index (χ2v) is 10.4. The van der Waals surface area contributed by atoms with Gasteiger partial charge in [-0.25, -0.2) is 9.97 Å². The molecule has 0 radical (unpaired) electrons. The molecule has 0 saturated heterocycles. The van der Waals surface area contributed by atoms with Crippen LogP contribution in [-0.2, 0) is 0 Å². The molecule has 0 bridgehead atoms. The lowest BCUT2D eigenvalue weighted by Gasteiger charge is -2.19. The Morgan fingerprint density at radius 1 is 0.574 bits per heavy atom.